The molecule has 1 unspecified atom stereocenters. The van der Waals surface area contributed by atoms with Crippen LogP contribution in [0.4, 0.5) is 5.82 Å². The quantitative estimate of drug-likeness (QED) is 0.799. The molecule has 0 saturated heterocycles. The number of anilines is 1. The molecule has 1 atom stereocenters. The molecule has 120 valence electrons. The lowest BCUT2D eigenvalue weighted by atomic mass is 10.2. The van der Waals surface area contributed by atoms with Gasteiger partial charge in [0, 0.05) is 37.9 Å². The Hall–Kier alpha value is -0.840. The van der Waals surface area contributed by atoms with Gasteiger partial charge in [0.2, 0.25) is 0 Å². The molecule has 1 aromatic heterocycles. The zero-order valence-corrected chi connectivity index (χ0v) is 14.9. The van der Waals surface area contributed by atoms with Crippen molar-refractivity contribution in [3.05, 3.63) is 22.8 Å². The van der Waals surface area contributed by atoms with Gasteiger partial charge in [-0.05, 0) is 39.6 Å². The van der Waals surface area contributed by atoms with Gasteiger partial charge in [0.1, 0.15) is 5.82 Å². The van der Waals surface area contributed by atoms with Gasteiger partial charge in [0.05, 0.1) is 5.02 Å². The highest BCUT2D eigenvalue weighted by Gasteiger charge is 2.17. The molecule has 0 aromatic carbocycles. The highest BCUT2D eigenvalue weighted by Crippen LogP contribution is 2.25. The molecule has 0 spiro atoms. The third kappa shape index (κ3) is 5.81. The van der Waals surface area contributed by atoms with Crippen LogP contribution in [-0.4, -0.2) is 49.2 Å². The van der Waals surface area contributed by atoms with E-state index in [-0.39, 0.29) is 0 Å². The maximum atomic E-state index is 6.45. The van der Waals surface area contributed by atoms with Crippen molar-refractivity contribution >= 4 is 17.4 Å². The lowest BCUT2D eigenvalue weighted by Gasteiger charge is -2.31. The predicted octanol–water partition coefficient (Wildman–Crippen LogP) is 3.01. The van der Waals surface area contributed by atoms with E-state index < -0.39 is 0 Å². The minimum Gasteiger partial charge on any atom is -0.352 e. The van der Waals surface area contributed by atoms with Crippen LogP contribution < -0.4 is 10.2 Å². The molecule has 1 N–H and O–H groups in total. The van der Waals surface area contributed by atoms with Crippen molar-refractivity contribution in [1.82, 2.24) is 15.2 Å². The molecule has 0 aliphatic carbocycles. The van der Waals surface area contributed by atoms with Gasteiger partial charge in [-0.25, -0.2) is 4.98 Å². The van der Waals surface area contributed by atoms with Crippen LogP contribution in [0, 0.1) is 0 Å². The fraction of sp³-hybridized carbons (Fsp3) is 0.688. The molecular weight excluding hydrogens is 284 g/mol. The zero-order chi connectivity index (χ0) is 16.0. The molecule has 0 saturated carbocycles. The van der Waals surface area contributed by atoms with Crippen molar-refractivity contribution in [2.45, 2.75) is 46.3 Å². The summed E-state index contributed by atoms with van der Waals surface area (Å²) in [6.07, 6.45) is 1.92. The van der Waals surface area contributed by atoms with E-state index in [9.17, 15) is 0 Å². The molecule has 0 radical (unpaired) electrons. The average Bonchev–Trinajstić information content (AvgIpc) is 2.38. The van der Waals surface area contributed by atoms with E-state index >= 15 is 0 Å². The van der Waals surface area contributed by atoms with Crippen LogP contribution in [0.1, 0.15) is 33.3 Å². The Bertz CT molecular complexity index is 434. The van der Waals surface area contributed by atoms with Crippen LogP contribution >= 0.6 is 11.6 Å². The van der Waals surface area contributed by atoms with Gasteiger partial charge < -0.3 is 15.1 Å². The molecule has 0 aliphatic rings. The summed E-state index contributed by atoms with van der Waals surface area (Å²) in [4.78, 5) is 9.03. The van der Waals surface area contributed by atoms with Gasteiger partial charge in [-0.15, -0.1) is 0 Å². The first kappa shape index (κ1) is 18.2. The summed E-state index contributed by atoms with van der Waals surface area (Å²) in [5, 5.41) is 4.11. The zero-order valence-electron chi connectivity index (χ0n) is 14.2. The summed E-state index contributed by atoms with van der Waals surface area (Å²) >= 11 is 6.45. The average molecular weight is 313 g/mol. The monoisotopic (exact) mass is 312 g/mol. The highest BCUT2D eigenvalue weighted by atomic mass is 35.5. The molecule has 21 heavy (non-hydrogen) atoms. The first-order chi connectivity index (χ1) is 9.85. The second-order valence-electron chi connectivity index (χ2n) is 6.08. The topological polar surface area (TPSA) is 31.4 Å². The summed E-state index contributed by atoms with van der Waals surface area (Å²) in [7, 11) is 4.17. The first-order valence-corrected chi connectivity index (χ1v) is 8.02. The van der Waals surface area contributed by atoms with Gasteiger partial charge in [0.25, 0.3) is 0 Å². The molecule has 0 bridgehead atoms. The summed E-state index contributed by atoms with van der Waals surface area (Å²) < 4.78 is 0. The van der Waals surface area contributed by atoms with E-state index in [4.69, 9.17) is 11.6 Å². The van der Waals surface area contributed by atoms with Gasteiger partial charge in [0.15, 0.2) is 0 Å². The van der Waals surface area contributed by atoms with E-state index in [0.29, 0.717) is 12.1 Å². The van der Waals surface area contributed by atoms with Crippen LogP contribution in [0.2, 0.25) is 5.02 Å². The highest BCUT2D eigenvalue weighted by molar-refractivity contribution is 6.33. The fourth-order valence-corrected chi connectivity index (χ4v) is 2.70. The van der Waals surface area contributed by atoms with E-state index in [2.05, 4.69) is 61.9 Å². The summed E-state index contributed by atoms with van der Waals surface area (Å²) in [5.74, 6) is 0.877. The van der Waals surface area contributed by atoms with Crippen molar-refractivity contribution in [2.75, 3.05) is 32.1 Å². The molecule has 0 amide bonds. The van der Waals surface area contributed by atoms with Gasteiger partial charge in [-0.2, -0.15) is 0 Å². The number of pyridine rings is 1. The number of halogens is 1. The van der Waals surface area contributed by atoms with Gasteiger partial charge >= 0.3 is 0 Å². The Morgan fingerprint density at radius 3 is 2.43 bits per heavy atom. The third-order valence-electron chi connectivity index (χ3n) is 3.37. The van der Waals surface area contributed by atoms with Crippen LogP contribution in [0.25, 0.3) is 0 Å². The number of nitrogens with zero attached hydrogens (tertiary/aromatic N) is 3. The standard InChI is InChI=1S/C16H29ClN4/c1-7-21(13(4)11-20(5)6)16-15(17)8-14(10-19-16)9-18-12(2)3/h8,10,12-13,18H,7,9,11H2,1-6H3. The van der Waals surface area contributed by atoms with Crippen molar-refractivity contribution in [1.29, 1.82) is 0 Å². The molecule has 5 heteroatoms. The normalized spacial score (nSPS) is 13.0. The minimum atomic E-state index is 0.370. The van der Waals surface area contributed by atoms with E-state index in [0.717, 1.165) is 36.0 Å². The predicted molar refractivity (Wildman–Crippen MR) is 92.3 cm³/mol. The Morgan fingerprint density at radius 2 is 1.95 bits per heavy atom. The number of likely N-dealkylation sites (N-methyl/N-ethyl adjacent to an activating group) is 2. The largest absolute Gasteiger partial charge is 0.352 e. The smallest absolute Gasteiger partial charge is 0.147 e. The van der Waals surface area contributed by atoms with Crippen molar-refractivity contribution in [3.8, 4) is 0 Å². The first-order valence-electron chi connectivity index (χ1n) is 7.64. The number of aromatic nitrogens is 1. The number of hydrogen-bond acceptors (Lipinski definition) is 4. The van der Waals surface area contributed by atoms with Crippen molar-refractivity contribution in [3.63, 3.8) is 0 Å². The second-order valence-corrected chi connectivity index (χ2v) is 6.49. The third-order valence-corrected chi connectivity index (χ3v) is 3.65. The van der Waals surface area contributed by atoms with Gasteiger partial charge in [-0.3, -0.25) is 0 Å². The Morgan fingerprint density at radius 1 is 1.29 bits per heavy atom. The number of nitrogens with one attached hydrogen (secondary N) is 1. The van der Waals surface area contributed by atoms with Crippen molar-refractivity contribution < 1.29 is 0 Å². The second kappa shape index (κ2) is 8.57. The summed E-state index contributed by atoms with van der Waals surface area (Å²) in [5.41, 5.74) is 1.12. The Balaban J connectivity index is 2.85. The Kier molecular flexibility index (Phi) is 7.43. The maximum absolute atomic E-state index is 6.45. The summed E-state index contributed by atoms with van der Waals surface area (Å²) in [6, 6.07) is 2.84. The SMILES string of the molecule is CCN(c1ncc(CNC(C)C)cc1Cl)C(C)CN(C)C. The molecule has 0 aliphatic heterocycles. The number of rotatable bonds is 8. The maximum Gasteiger partial charge on any atom is 0.147 e. The van der Waals surface area contributed by atoms with Gasteiger partial charge in [-0.1, -0.05) is 25.4 Å². The summed E-state index contributed by atoms with van der Waals surface area (Å²) in [6.45, 7) is 11.3. The van der Waals surface area contributed by atoms with Crippen LogP contribution in [-0.2, 0) is 6.54 Å². The molecule has 4 nitrogen and oxygen atoms in total. The number of hydrogen-bond donors (Lipinski definition) is 1. The van der Waals surface area contributed by atoms with Crippen molar-refractivity contribution in [2.24, 2.45) is 0 Å². The molecular formula is C16H29ClN4. The molecule has 1 heterocycles. The lowest BCUT2D eigenvalue weighted by molar-refractivity contribution is 0.372. The Labute approximate surface area is 134 Å². The molecule has 1 rings (SSSR count). The van der Waals surface area contributed by atoms with E-state index in [1.54, 1.807) is 0 Å². The lowest BCUT2D eigenvalue weighted by Crippen LogP contribution is -2.40. The van der Waals surface area contributed by atoms with E-state index in [1.165, 1.54) is 0 Å². The molecule has 0 fully saturated rings. The van der Waals surface area contributed by atoms with E-state index in [1.807, 2.05) is 12.3 Å². The van der Waals surface area contributed by atoms with Crippen LogP contribution in [0.15, 0.2) is 12.3 Å². The fourth-order valence-electron chi connectivity index (χ4n) is 2.40. The molecule has 1 aromatic rings. The minimum absolute atomic E-state index is 0.370. The van der Waals surface area contributed by atoms with Crippen LogP contribution in [0.5, 0.6) is 0 Å². The van der Waals surface area contributed by atoms with Crippen LogP contribution in [0.3, 0.4) is 0 Å².